The molecule has 1 heterocycles. The summed E-state index contributed by atoms with van der Waals surface area (Å²) < 4.78 is 53.0. The van der Waals surface area contributed by atoms with Gasteiger partial charge in [-0.15, -0.1) is 0 Å². The maximum Gasteiger partial charge on any atom is 0.416 e. The Bertz CT molecular complexity index is 1260. The molecule has 1 amide bonds. The number of alkyl halides is 3. The highest BCUT2D eigenvalue weighted by molar-refractivity contribution is 6.07. The van der Waals surface area contributed by atoms with Crippen molar-refractivity contribution in [3.63, 3.8) is 0 Å². The molecule has 1 aliphatic rings. The van der Waals surface area contributed by atoms with Crippen molar-refractivity contribution in [1.29, 1.82) is 0 Å². The molecule has 0 unspecified atom stereocenters. The monoisotopic (exact) mass is 484 g/mol. The number of nitrogens with two attached hydrogens (primary N) is 1. The van der Waals surface area contributed by atoms with Crippen LogP contribution in [0.4, 0.5) is 30.2 Å². The van der Waals surface area contributed by atoms with E-state index >= 15 is 0 Å². The molecular formula is C26H23F3N2O4. The van der Waals surface area contributed by atoms with E-state index in [9.17, 15) is 22.8 Å². The van der Waals surface area contributed by atoms with Crippen LogP contribution >= 0.6 is 0 Å². The first kappa shape index (κ1) is 24.1. The lowest BCUT2D eigenvalue weighted by molar-refractivity contribution is -0.154. The lowest BCUT2D eigenvalue weighted by atomic mass is 9.86. The molecule has 4 rings (SSSR count). The molecule has 2 N–H and O–H groups in total. The van der Waals surface area contributed by atoms with Gasteiger partial charge in [0.1, 0.15) is 5.75 Å². The van der Waals surface area contributed by atoms with Gasteiger partial charge < -0.3 is 15.2 Å². The molecule has 182 valence electrons. The minimum Gasteiger partial charge on any atom is -0.497 e. The minimum absolute atomic E-state index is 0.0379. The molecule has 35 heavy (non-hydrogen) atoms. The van der Waals surface area contributed by atoms with Crippen LogP contribution in [-0.2, 0) is 26.9 Å². The zero-order valence-corrected chi connectivity index (χ0v) is 19.0. The van der Waals surface area contributed by atoms with Gasteiger partial charge in [0, 0.05) is 12.8 Å². The van der Waals surface area contributed by atoms with E-state index in [-0.39, 0.29) is 29.0 Å². The quantitative estimate of drug-likeness (QED) is 0.405. The van der Waals surface area contributed by atoms with Crippen LogP contribution in [0.1, 0.15) is 29.5 Å². The Labute approximate surface area is 200 Å². The smallest absolute Gasteiger partial charge is 0.416 e. The first-order valence-electron chi connectivity index (χ1n) is 10.8. The van der Waals surface area contributed by atoms with Crippen molar-refractivity contribution in [2.24, 2.45) is 0 Å². The van der Waals surface area contributed by atoms with Crippen molar-refractivity contribution in [3.05, 3.63) is 83.4 Å². The van der Waals surface area contributed by atoms with E-state index in [0.717, 1.165) is 17.9 Å². The number of carbonyl (C=O) groups is 2. The number of ether oxygens (including phenoxy) is 2. The van der Waals surface area contributed by atoms with E-state index in [2.05, 4.69) is 0 Å². The Morgan fingerprint density at radius 2 is 1.66 bits per heavy atom. The molecule has 0 saturated carbocycles. The molecule has 0 radical (unpaired) electrons. The van der Waals surface area contributed by atoms with E-state index in [1.807, 2.05) is 0 Å². The second-order valence-electron chi connectivity index (χ2n) is 8.15. The van der Waals surface area contributed by atoms with Crippen LogP contribution in [0.5, 0.6) is 5.75 Å². The third-order valence-corrected chi connectivity index (χ3v) is 5.97. The predicted octanol–water partition coefficient (Wildman–Crippen LogP) is 5.23. The van der Waals surface area contributed by atoms with Crippen LogP contribution in [0.2, 0.25) is 0 Å². The summed E-state index contributed by atoms with van der Waals surface area (Å²) in [5.74, 6) is -1.79. The third-order valence-electron chi connectivity index (χ3n) is 5.97. The Balaban J connectivity index is 1.99. The molecule has 0 fully saturated rings. The second-order valence-corrected chi connectivity index (χ2v) is 8.15. The Hall–Kier alpha value is -4.01. The fourth-order valence-corrected chi connectivity index (χ4v) is 4.40. The minimum atomic E-state index is -4.67. The molecule has 3 aromatic rings. The molecular weight excluding hydrogens is 461 g/mol. The SMILES string of the molecule is COc1ccc([C@@H]2Cc3c(cccc3C(F)(F)F)N(c3ccccc3N)C(=O)[C@@H]2OC(C)=O)cc1. The molecule has 9 heteroatoms. The number of nitrogen functional groups attached to an aromatic ring is 1. The van der Waals surface area contributed by atoms with E-state index < -0.39 is 35.6 Å². The second kappa shape index (κ2) is 9.32. The molecule has 0 aliphatic carbocycles. The lowest BCUT2D eigenvalue weighted by Crippen LogP contribution is -2.41. The number of amides is 1. The van der Waals surface area contributed by atoms with Gasteiger partial charge in [0.15, 0.2) is 6.10 Å². The average molecular weight is 484 g/mol. The van der Waals surface area contributed by atoms with Crippen LogP contribution in [-0.4, -0.2) is 25.1 Å². The summed E-state index contributed by atoms with van der Waals surface area (Å²) in [4.78, 5) is 27.1. The first-order chi connectivity index (χ1) is 16.6. The summed E-state index contributed by atoms with van der Waals surface area (Å²) in [6.07, 6.45) is -6.27. The molecule has 0 spiro atoms. The average Bonchev–Trinajstić information content (AvgIpc) is 2.93. The van der Waals surface area contributed by atoms with Gasteiger partial charge in [0.05, 0.1) is 29.7 Å². The van der Waals surface area contributed by atoms with Crippen molar-refractivity contribution >= 4 is 28.9 Å². The van der Waals surface area contributed by atoms with Gasteiger partial charge in [-0.2, -0.15) is 13.2 Å². The highest BCUT2D eigenvalue weighted by Crippen LogP contribution is 2.45. The summed E-state index contributed by atoms with van der Waals surface area (Å²) in [7, 11) is 1.49. The number of halogens is 3. The number of nitrogens with zero attached hydrogens (tertiary/aromatic N) is 1. The predicted molar refractivity (Wildman–Crippen MR) is 124 cm³/mol. The maximum atomic E-state index is 14.1. The number of hydrogen-bond donors (Lipinski definition) is 1. The van der Waals surface area contributed by atoms with Gasteiger partial charge in [0.25, 0.3) is 5.91 Å². The summed E-state index contributed by atoms with van der Waals surface area (Å²) in [6, 6.07) is 16.6. The number of carbonyl (C=O) groups excluding carboxylic acids is 2. The Kier molecular flexibility index (Phi) is 6.43. The van der Waals surface area contributed by atoms with E-state index in [1.165, 1.54) is 25.3 Å². The van der Waals surface area contributed by atoms with E-state index in [0.29, 0.717) is 11.3 Å². The lowest BCUT2D eigenvalue weighted by Gasteiger charge is -2.29. The number of para-hydroxylation sites is 2. The van der Waals surface area contributed by atoms with Crippen LogP contribution in [0.15, 0.2) is 66.7 Å². The standard InChI is InChI=1S/C26H23F3N2O4/c1-15(32)35-24-18(16-10-12-17(34-2)13-11-16)14-19-20(26(27,28)29)6-5-9-22(19)31(25(24)33)23-8-4-3-7-21(23)30/h3-13,18,24H,14,30H2,1-2H3/t18-,24+/m0/s1. The zero-order chi connectivity index (χ0) is 25.3. The molecule has 2 atom stereocenters. The molecule has 6 nitrogen and oxygen atoms in total. The molecule has 1 aliphatic heterocycles. The number of fused-ring (bicyclic) bond motifs is 1. The summed E-state index contributed by atoms with van der Waals surface area (Å²) in [5.41, 5.74) is 6.12. The fraction of sp³-hybridized carbons (Fsp3) is 0.231. The number of hydrogen-bond acceptors (Lipinski definition) is 5. The number of rotatable bonds is 4. The van der Waals surface area contributed by atoms with Gasteiger partial charge in [-0.1, -0.05) is 30.3 Å². The van der Waals surface area contributed by atoms with E-state index in [4.69, 9.17) is 15.2 Å². The molecule has 3 aromatic carbocycles. The topological polar surface area (TPSA) is 81.9 Å². The van der Waals surface area contributed by atoms with E-state index in [1.54, 1.807) is 42.5 Å². The van der Waals surface area contributed by atoms with Gasteiger partial charge in [-0.05, 0) is 53.9 Å². The largest absolute Gasteiger partial charge is 0.497 e. The molecule has 0 saturated heterocycles. The first-order valence-corrected chi connectivity index (χ1v) is 10.8. The Morgan fingerprint density at radius 3 is 2.26 bits per heavy atom. The van der Waals surface area contributed by atoms with Crippen molar-refractivity contribution in [1.82, 2.24) is 0 Å². The Morgan fingerprint density at radius 1 is 1.00 bits per heavy atom. The highest BCUT2D eigenvalue weighted by Gasteiger charge is 2.44. The molecule has 0 bridgehead atoms. The highest BCUT2D eigenvalue weighted by atomic mass is 19.4. The van der Waals surface area contributed by atoms with Crippen LogP contribution < -0.4 is 15.4 Å². The van der Waals surface area contributed by atoms with Crippen LogP contribution in [0.25, 0.3) is 0 Å². The zero-order valence-electron chi connectivity index (χ0n) is 19.0. The number of methoxy groups -OCH3 is 1. The molecule has 0 aromatic heterocycles. The number of anilines is 3. The number of esters is 1. The summed E-state index contributed by atoms with van der Waals surface area (Å²) >= 11 is 0. The fourth-order valence-electron chi connectivity index (χ4n) is 4.40. The van der Waals surface area contributed by atoms with Crippen LogP contribution in [0, 0.1) is 0 Å². The van der Waals surface area contributed by atoms with Gasteiger partial charge in [-0.3, -0.25) is 14.5 Å². The van der Waals surface area contributed by atoms with Crippen molar-refractivity contribution in [2.45, 2.75) is 31.5 Å². The van der Waals surface area contributed by atoms with Crippen molar-refractivity contribution < 1.29 is 32.2 Å². The summed E-state index contributed by atoms with van der Waals surface area (Å²) in [6.45, 7) is 1.15. The third kappa shape index (κ3) is 4.66. The normalized spacial score (nSPS) is 18.0. The van der Waals surface area contributed by atoms with Crippen molar-refractivity contribution in [2.75, 3.05) is 17.7 Å². The summed E-state index contributed by atoms with van der Waals surface area (Å²) in [5, 5.41) is 0. The van der Waals surface area contributed by atoms with Gasteiger partial charge in [0.2, 0.25) is 0 Å². The van der Waals surface area contributed by atoms with Crippen LogP contribution in [0.3, 0.4) is 0 Å². The van der Waals surface area contributed by atoms with Crippen molar-refractivity contribution in [3.8, 4) is 5.75 Å². The maximum absolute atomic E-state index is 14.1. The number of benzene rings is 3. The van der Waals surface area contributed by atoms with Gasteiger partial charge in [-0.25, -0.2) is 0 Å². The van der Waals surface area contributed by atoms with Gasteiger partial charge >= 0.3 is 12.1 Å².